The van der Waals surface area contributed by atoms with Crippen LogP contribution >= 0.6 is 23.2 Å². The molecule has 0 fully saturated rings. The Morgan fingerprint density at radius 3 is 2.53 bits per heavy atom. The van der Waals surface area contributed by atoms with Gasteiger partial charge in [-0.3, -0.25) is 4.79 Å². The number of halogens is 2. The standard InChI is InChI=1S/C11H7Cl2NO/c12-8-1-2-9(10(13)6-8)7-3-4-14-11(15)5-7/h1-6H,(H,14,15). The number of aromatic amines is 1. The minimum absolute atomic E-state index is 0.154. The van der Waals surface area contributed by atoms with Crippen LogP contribution in [0.2, 0.25) is 10.0 Å². The van der Waals surface area contributed by atoms with Crippen molar-refractivity contribution in [2.75, 3.05) is 0 Å². The summed E-state index contributed by atoms with van der Waals surface area (Å²) in [4.78, 5) is 13.7. The maximum Gasteiger partial charge on any atom is 0.248 e. The van der Waals surface area contributed by atoms with Crippen LogP contribution in [0, 0.1) is 0 Å². The molecule has 0 aliphatic rings. The van der Waals surface area contributed by atoms with Gasteiger partial charge in [-0.1, -0.05) is 29.3 Å². The number of aromatic nitrogens is 1. The number of hydrogen-bond donors (Lipinski definition) is 1. The van der Waals surface area contributed by atoms with Gasteiger partial charge in [-0.05, 0) is 23.8 Å². The summed E-state index contributed by atoms with van der Waals surface area (Å²) in [6, 6.07) is 8.47. The number of rotatable bonds is 1. The summed E-state index contributed by atoms with van der Waals surface area (Å²) >= 11 is 11.8. The molecule has 1 aromatic heterocycles. The Bertz CT molecular complexity index is 548. The largest absolute Gasteiger partial charge is 0.329 e. The van der Waals surface area contributed by atoms with Crippen LogP contribution in [0.4, 0.5) is 0 Å². The Hall–Kier alpha value is -1.25. The van der Waals surface area contributed by atoms with Crippen LogP contribution in [-0.2, 0) is 0 Å². The summed E-state index contributed by atoms with van der Waals surface area (Å²) < 4.78 is 0. The van der Waals surface area contributed by atoms with Crippen LogP contribution in [0.3, 0.4) is 0 Å². The maximum atomic E-state index is 11.1. The number of hydrogen-bond acceptors (Lipinski definition) is 1. The van der Waals surface area contributed by atoms with Gasteiger partial charge in [0.2, 0.25) is 5.56 Å². The van der Waals surface area contributed by atoms with Gasteiger partial charge in [-0.2, -0.15) is 0 Å². The summed E-state index contributed by atoms with van der Waals surface area (Å²) in [5, 5.41) is 1.11. The quantitative estimate of drug-likeness (QED) is 0.814. The molecule has 1 heterocycles. The van der Waals surface area contributed by atoms with Crippen molar-refractivity contribution in [2.24, 2.45) is 0 Å². The molecule has 0 aliphatic carbocycles. The van der Waals surface area contributed by atoms with E-state index in [2.05, 4.69) is 4.98 Å². The Morgan fingerprint density at radius 1 is 1.07 bits per heavy atom. The van der Waals surface area contributed by atoms with Crippen LogP contribution in [0.25, 0.3) is 11.1 Å². The molecule has 4 heteroatoms. The van der Waals surface area contributed by atoms with Gasteiger partial charge in [0.15, 0.2) is 0 Å². The molecule has 0 atom stereocenters. The monoisotopic (exact) mass is 239 g/mol. The van der Waals surface area contributed by atoms with Crippen molar-refractivity contribution < 1.29 is 0 Å². The van der Waals surface area contributed by atoms with Crippen molar-refractivity contribution in [3.8, 4) is 11.1 Å². The Balaban J connectivity index is 2.59. The molecule has 76 valence electrons. The fourth-order valence-corrected chi connectivity index (χ4v) is 1.85. The van der Waals surface area contributed by atoms with Gasteiger partial charge in [0.1, 0.15) is 0 Å². The van der Waals surface area contributed by atoms with Crippen LogP contribution in [-0.4, -0.2) is 4.98 Å². The van der Waals surface area contributed by atoms with Crippen LogP contribution in [0.15, 0.2) is 41.3 Å². The summed E-state index contributed by atoms with van der Waals surface area (Å²) in [7, 11) is 0. The number of pyridine rings is 1. The molecule has 0 unspecified atom stereocenters. The zero-order valence-corrected chi connectivity index (χ0v) is 9.14. The van der Waals surface area contributed by atoms with E-state index in [0.717, 1.165) is 11.1 Å². The lowest BCUT2D eigenvalue weighted by molar-refractivity contribution is 1.24. The zero-order valence-electron chi connectivity index (χ0n) is 7.63. The molecule has 2 nitrogen and oxygen atoms in total. The second-order valence-corrected chi connectivity index (χ2v) is 3.91. The maximum absolute atomic E-state index is 11.1. The third kappa shape index (κ3) is 2.22. The lowest BCUT2D eigenvalue weighted by atomic mass is 10.1. The third-order valence-corrected chi connectivity index (χ3v) is 2.57. The van der Waals surface area contributed by atoms with E-state index in [0.29, 0.717) is 10.0 Å². The van der Waals surface area contributed by atoms with Crippen molar-refractivity contribution in [3.63, 3.8) is 0 Å². The van der Waals surface area contributed by atoms with E-state index in [1.165, 1.54) is 6.07 Å². The molecule has 15 heavy (non-hydrogen) atoms. The second-order valence-electron chi connectivity index (χ2n) is 3.07. The summed E-state index contributed by atoms with van der Waals surface area (Å²) in [6.45, 7) is 0. The minimum Gasteiger partial charge on any atom is -0.329 e. The molecule has 2 rings (SSSR count). The average Bonchev–Trinajstić information content (AvgIpc) is 2.17. The van der Waals surface area contributed by atoms with E-state index in [-0.39, 0.29) is 5.56 Å². The highest BCUT2D eigenvalue weighted by atomic mass is 35.5. The first-order valence-corrected chi connectivity index (χ1v) is 5.06. The topological polar surface area (TPSA) is 32.9 Å². The molecule has 1 N–H and O–H groups in total. The molecule has 0 saturated heterocycles. The predicted molar refractivity (Wildman–Crippen MR) is 62.5 cm³/mol. The summed E-state index contributed by atoms with van der Waals surface area (Å²) in [6.07, 6.45) is 1.59. The van der Waals surface area contributed by atoms with Gasteiger partial charge in [0.05, 0.1) is 0 Å². The number of H-pyrrole nitrogens is 1. The molecule has 0 aliphatic heterocycles. The second kappa shape index (κ2) is 4.09. The average molecular weight is 240 g/mol. The van der Waals surface area contributed by atoms with E-state index in [1.54, 1.807) is 30.5 Å². The Morgan fingerprint density at radius 2 is 1.87 bits per heavy atom. The molecule has 0 radical (unpaired) electrons. The van der Waals surface area contributed by atoms with Crippen LogP contribution in [0.5, 0.6) is 0 Å². The summed E-state index contributed by atoms with van der Waals surface area (Å²) in [5.74, 6) is 0. The first-order chi connectivity index (χ1) is 7.16. The van der Waals surface area contributed by atoms with Crippen molar-refractivity contribution in [1.82, 2.24) is 4.98 Å². The Kier molecular flexibility index (Phi) is 2.80. The van der Waals surface area contributed by atoms with Crippen LogP contribution < -0.4 is 5.56 Å². The summed E-state index contributed by atoms with van der Waals surface area (Å²) in [5.41, 5.74) is 1.42. The molecule has 0 saturated carbocycles. The fraction of sp³-hybridized carbons (Fsp3) is 0. The van der Waals surface area contributed by atoms with Crippen molar-refractivity contribution in [2.45, 2.75) is 0 Å². The fourth-order valence-electron chi connectivity index (χ4n) is 1.34. The lowest BCUT2D eigenvalue weighted by Gasteiger charge is -2.03. The molecule has 2 aromatic rings. The van der Waals surface area contributed by atoms with Gasteiger partial charge < -0.3 is 4.98 Å². The first kappa shape index (κ1) is 10.3. The van der Waals surface area contributed by atoms with Crippen molar-refractivity contribution in [3.05, 3.63) is 56.9 Å². The molecule has 0 bridgehead atoms. The van der Waals surface area contributed by atoms with Crippen LogP contribution in [0.1, 0.15) is 0 Å². The van der Waals surface area contributed by atoms with Gasteiger partial charge in [0, 0.05) is 27.9 Å². The van der Waals surface area contributed by atoms with Gasteiger partial charge in [0.25, 0.3) is 0 Å². The highest BCUT2D eigenvalue weighted by Crippen LogP contribution is 2.29. The van der Waals surface area contributed by atoms with Crippen molar-refractivity contribution >= 4 is 23.2 Å². The normalized spacial score (nSPS) is 10.3. The van der Waals surface area contributed by atoms with Gasteiger partial charge >= 0.3 is 0 Å². The molecule has 1 aromatic carbocycles. The van der Waals surface area contributed by atoms with E-state index < -0.39 is 0 Å². The highest BCUT2D eigenvalue weighted by Gasteiger charge is 2.04. The van der Waals surface area contributed by atoms with E-state index in [1.807, 2.05) is 0 Å². The predicted octanol–water partition coefficient (Wildman–Crippen LogP) is 3.35. The third-order valence-electron chi connectivity index (χ3n) is 2.02. The van der Waals surface area contributed by atoms with Crippen molar-refractivity contribution in [1.29, 1.82) is 0 Å². The highest BCUT2D eigenvalue weighted by molar-refractivity contribution is 6.36. The number of benzene rings is 1. The first-order valence-electron chi connectivity index (χ1n) is 4.31. The van der Waals surface area contributed by atoms with E-state index in [4.69, 9.17) is 23.2 Å². The van der Waals surface area contributed by atoms with E-state index in [9.17, 15) is 4.79 Å². The minimum atomic E-state index is -0.154. The number of nitrogens with one attached hydrogen (secondary N) is 1. The molecular formula is C11H7Cl2NO. The Labute approximate surface area is 96.5 Å². The molecule has 0 spiro atoms. The van der Waals surface area contributed by atoms with Gasteiger partial charge in [-0.25, -0.2) is 0 Å². The van der Waals surface area contributed by atoms with Gasteiger partial charge in [-0.15, -0.1) is 0 Å². The smallest absolute Gasteiger partial charge is 0.248 e. The SMILES string of the molecule is O=c1cc(-c2ccc(Cl)cc2Cl)cc[nH]1. The molecule has 0 amide bonds. The zero-order chi connectivity index (χ0) is 10.8. The van der Waals surface area contributed by atoms with E-state index >= 15 is 0 Å². The molecular weight excluding hydrogens is 233 g/mol. The lowest BCUT2D eigenvalue weighted by Crippen LogP contribution is -2.02.